The first-order valence-corrected chi connectivity index (χ1v) is 47.4. The summed E-state index contributed by atoms with van der Waals surface area (Å²) in [4.78, 5) is 0. The molecular weight excluding hydrogens is 1370 g/mol. The Hall–Kier alpha value is -2.70. The van der Waals surface area contributed by atoms with E-state index in [0.717, 1.165) is 0 Å². The van der Waals surface area contributed by atoms with E-state index in [-0.39, 0.29) is 17.1 Å². The molecule has 0 amide bonds. The molecule has 0 rings (SSSR count). The van der Waals surface area contributed by atoms with Crippen LogP contribution in [0.2, 0.25) is 0 Å². The van der Waals surface area contributed by atoms with Gasteiger partial charge in [0.1, 0.15) is 0 Å². The predicted molar refractivity (Wildman–Crippen MR) is 477 cm³/mol. The maximum atomic E-state index is 6.25. The Morgan fingerprint density at radius 2 is 0.193 bits per heavy atom. The normalized spacial score (nSPS) is 10.7. The van der Waals surface area contributed by atoms with Crippen LogP contribution in [0.5, 0.6) is 0 Å². The molecule has 0 radical (unpaired) electrons. The molecule has 0 unspecified atom stereocenters. The van der Waals surface area contributed by atoms with Crippen molar-refractivity contribution in [3.8, 4) is 0 Å². The van der Waals surface area contributed by atoms with Gasteiger partial charge in [-0.1, -0.05) is 387 Å². The summed E-state index contributed by atoms with van der Waals surface area (Å²) in [5.41, 5.74) is 0. The van der Waals surface area contributed by atoms with E-state index in [1.165, 1.54) is 507 Å². The summed E-state index contributed by atoms with van der Waals surface area (Å²) in [7, 11) is 9.63. The molecule has 0 atom stereocenters. The molecule has 0 aromatic heterocycles. The van der Waals surface area contributed by atoms with E-state index < -0.39 is 0 Å². The van der Waals surface area contributed by atoms with Gasteiger partial charge in [0, 0.05) is 0 Å². The number of nitrogens with zero attached hydrogens (tertiary/aromatic N) is 10. The third-order valence-electron chi connectivity index (χ3n) is 24.3. The zero-order chi connectivity index (χ0) is 83.7. The van der Waals surface area contributed by atoms with Gasteiger partial charge in [0.25, 0.3) is 0 Å². The van der Waals surface area contributed by atoms with Crippen LogP contribution >= 0.6 is 0 Å². The molecule has 0 fully saturated rings. The quantitative estimate of drug-likeness (QED) is 0.0257. The summed E-state index contributed by atoms with van der Waals surface area (Å²) in [5, 5.41) is 37.5. The van der Waals surface area contributed by atoms with E-state index in [0.29, 0.717) is 0 Å². The van der Waals surface area contributed by atoms with E-state index in [1.807, 2.05) is 0 Å². The molecule has 109 heavy (non-hydrogen) atoms. The summed E-state index contributed by atoms with van der Waals surface area (Å²) in [6.45, 7) is 72.1. The van der Waals surface area contributed by atoms with Gasteiger partial charge < -0.3 is 88.9 Å². The van der Waals surface area contributed by atoms with Crippen molar-refractivity contribution in [3.05, 3.63) is 39.4 Å². The van der Waals surface area contributed by atoms with Crippen molar-refractivity contribution in [3.63, 3.8) is 0 Å². The minimum Gasteiger partial charge on any atom is -0.512 e. The van der Waals surface area contributed by atoms with E-state index >= 15 is 0 Å². The van der Waals surface area contributed by atoms with Crippen molar-refractivity contribution >= 4 is 0 Å². The third kappa shape index (κ3) is 119. The van der Waals surface area contributed by atoms with Crippen molar-refractivity contribution in [2.75, 3.05) is 107 Å². The van der Waals surface area contributed by atoms with Gasteiger partial charge >= 0.3 is 17.1 Å². The van der Waals surface area contributed by atoms with Crippen LogP contribution in [0, 0.1) is 71.0 Å². The van der Waals surface area contributed by atoms with E-state index in [9.17, 15) is 0 Å². The van der Waals surface area contributed by atoms with E-state index in [1.54, 1.807) is 0 Å². The Balaban J connectivity index is -0.000000124. The average Bonchev–Trinajstić information content (AvgIpc) is 0.954. The van der Waals surface area contributed by atoms with Gasteiger partial charge in [-0.3, -0.25) is 0 Å². The van der Waals surface area contributed by atoms with Crippen LogP contribution < -0.4 is 0 Å². The van der Waals surface area contributed by atoms with Crippen LogP contribution in [0.4, 0.5) is 0 Å². The number of rotatable bonds is 76. The first-order chi connectivity index (χ1) is 52.7. The number of hydrogen-bond donors (Lipinski definition) is 0. The molecule has 0 saturated carbocycles. The van der Waals surface area contributed by atoms with Crippen LogP contribution in [-0.2, 0) is 17.1 Å². The Morgan fingerprint density at radius 1 is 0.128 bits per heavy atom. The van der Waals surface area contributed by atoms with Crippen LogP contribution in [0.3, 0.4) is 0 Å². The number of unbranched alkanes of at least 4 members (excludes halogenated alkanes) is 60. The van der Waals surface area contributed by atoms with Crippen LogP contribution in [0.1, 0.15) is 494 Å². The Labute approximate surface area is 702 Å². The van der Waals surface area contributed by atoms with Crippen LogP contribution in [-0.4, -0.2) is 125 Å². The SMILES string of the molecule is CCCCCCCCCCCCCCCCCC[N+](C)(CC)CC.CCCCCCCCCCCCCCCCCC[N+](C)(CC)CC.CCCCCCCCCCCCCCCCCC[N+](C)(CC)CC.CCCCCCCCCCCCCCCCCC[N+](C)(CC)CC.[C-]#N.[C-]#N.[C-]#N.[C-]#N.[C-]#N.[C-]#N.[Fe+2]. The monoisotopic (exact) mass is 1570 g/mol. The van der Waals surface area contributed by atoms with Gasteiger partial charge in [-0.25, -0.2) is 0 Å². The van der Waals surface area contributed by atoms with Gasteiger partial charge in [0.2, 0.25) is 0 Å². The molecule has 0 bridgehead atoms. The van der Waals surface area contributed by atoms with Gasteiger partial charge in [-0.2, -0.15) is 0 Å². The summed E-state index contributed by atoms with van der Waals surface area (Å²) in [6.07, 6.45) is 93.7. The number of hydrogen-bond acceptors (Lipinski definition) is 6. The fraction of sp³-hybridized carbons (Fsp3) is 0.939. The van der Waals surface area contributed by atoms with Gasteiger partial charge in [-0.15, -0.1) is 0 Å². The summed E-state index contributed by atoms with van der Waals surface area (Å²) < 4.78 is 5.05. The Kier molecular flexibility index (Phi) is 144. The second-order valence-corrected chi connectivity index (χ2v) is 33.1. The van der Waals surface area contributed by atoms with Crippen molar-refractivity contribution < 1.29 is 35.0 Å². The Morgan fingerprint density at radius 3 is 0.257 bits per heavy atom. The van der Waals surface area contributed by atoms with Crippen molar-refractivity contribution in [2.24, 2.45) is 0 Å². The fourth-order valence-corrected chi connectivity index (χ4v) is 14.3. The molecule has 0 N–H and O–H groups in total. The van der Waals surface area contributed by atoms with Crippen molar-refractivity contribution in [1.82, 2.24) is 0 Å². The Bertz CT molecular complexity index is 1380. The van der Waals surface area contributed by atoms with Crippen molar-refractivity contribution in [2.45, 2.75) is 494 Å². The standard InChI is InChI=1S/4C23H50N.6CN.Fe/c4*1-5-8-9-10-11-12-13-14-15-16-17-18-19-20-21-22-23-24(4,6-2)7-3;6*1-2;/h4*5-23H2,1-4H3;;;;;;;/q4*+1;6*-1;+2. The molecule has 0 aromatic carbocycles. The zero-order valence-corrected chi connectivity index (χ0v) is 78.7. The van der Waals surface area contributed by atoms with Crippen LogP contribution in [0.15, 0.2) is 0 Å². The predicted octanol–water partition coefficient (Wildman–Crippen LogP) is 31.5. The number of quaternary nitrogens is 4. The topological polar surface area (TPSA) is 143 Å². The zero-order valence-electron chi connectivity index (χ0n) is 77.6. The van der Waals surface area contributed by atoms with Gasteiger partial charge in [0.05, 0.1) is 107 Å². The molecule has 10 nitrogen and oxygen atoms in total. The van der Waals surface area contributed by atoms with Crippen LogP contribution in [0.25, 0.3) is 0 Å². The van der Waals surface area contributed by atoms with Gasteiger partial charge in [-0.05, 0) is 107 Å². The molecular formula is C98H200FeN10. The smallest absolute Gasteiger partial charge is 0.512 e. The average molecular weight is 1570 g/mol. The van der Waals surface area contributed by atoms with Crippen molar-refractivity contribution in [1.29, 1.82) is 31.6 Å². The second-order valence-electron chi connectivity index (χ2n) is 33.1. The summed E-state index contributed by atoms with van der Waals surface area (Å²) in [6, 6.07) is 0. The maximum Gasteiger partial charge on any atom is 2.00 e. The molecule has 0 heterocycles. The molecule has 0 aromatic rings. The minimum absolute atomic E-state index is 0. The van der Waals surface area contributed by atoms with E-state index in [4.69, 9.17) is 71.0 Å². The first kappa shape index (κ1) is 130. The molecule has 0 aliphatic rings. The molecule has 0 saturated heterocycles. The largest absolute Gasteiger partial charge is 2.00 e. The summed E-state index contributed by atoms with van der Waals surface area (Å²) >= 11 is 0. The third-order valence-corrected chi connectivity index (χ3v) is 24.3. The first-order valence-electron chi connectivity index (χ1n) is 47.4. The molecule has 650 valence electrons. The second kappa shape index (κ2) is 121. The molecule has 11 heteroatoms. The molecule has 0 spiro atoms. The van der Waals surface area contributed by atoms with E-state index in [2.05, 4.69) is 111 Å². The maximum absolute atomic E-state index is 6.25. The minimum atomic E-state index is 0. The molecule has 0 aliphatic heterocycles. The molecule has 0 aliphatic carbocycles. The summed E-state index contributed by atoms with van der Waals surface area (Å²) in [5.74, 6) is 0. The van der Waals surface area contributed by atoms with Gasteiger partial charge in [0.15, 0.2) is 0 Å². The fourth-order valence-electron chi connectivity index (χ4n) is 14.3.